The lowest BCUT2D eigenvalue weighted by molar-refractivity contribution is -0.385. The summed E-state index contributed by atoms with van der Waals surface area (Å²) in [4.78, 5) is 35.3. The van der Waals surface area contributed by atoms with Gasteiger partial charge in [0.25, 0.3) is 5.69 Å². The van der Waals surface area contributed by atoms with Gasteiger partial charge in [0.05, 0.1) is 11.3 Å². The number of carbonyl (C=O) groups is 2. The molecular weight excluding hydrogens is 300 g/mol. The lowest BCUT2D eigenvalue weighted by Crippen LogP contribution is -2.40. The number of likely N-dealkylation sites (tertiary alicyclic amines) is 1. The molecule has 0 aliphatic carbocycles. The van der Waals surface area contributed by atoms with Crippen molar-refractivity contribution in [1.82, 2.24) is 4.90 Å². The highest BCUT2D eigenvalue weighted by Crippen LogP contribution is 2.23. The Labute approximate surface area is 134 Å². The lowest BCUT2D eigenvalue weighted by atomic mass is 9.93. The average Bonchev–Trinajstić information content (AvgIpc) is 2.53. The smallest absolute Gasteiger partial charge is 0.303 e. The predicted octanol–water partition coefficient (Wildman–Crippen LogP) is 2.24. The third kappa shape index (κ3) is 4.77. The number of nitro groups is 1. The van der Waals surface area contributed by atoms with Crippen molar-refractivity contribution in [2.45, 2.75) is 32.1 Å². The van der Waals surface area contributed by atoms with Crippen molar-refractivity contribution in [3.8, 4) is 0 Å². The molecule has 1 aromatic rings. The Bertz CT molecular complexity index is 602. The minimum atomic E-state index is -0.826. The molecule has 0 bridgehead atoms. The number of benzene rings is 1. The van der Waals surface area contributed by atoms with E-state index in [-0.39, 0.29) is 30.4 Å². The Hall–Kier alpha value is -2.44. The second-order valence-corrected chi connectivity index (χ2v) is 5.84. The van der Waals surface area contributed by atoms with Crippen molar-refractivity contribution in [3.63, 3.8) is 0 Å². The van der Waals surface area contributed by atoms with Gasteiger partial charge >= 0.3 is 5.97 Å². The maximum absolute atomic E-state index is 12.4. The Morgan fingerprint density at radius 2 is 2.09 bits per heavy atom. The summed E-state index contributed by atoms with van der Waals surface area (Å²) in [6.45, 7) is 1.16. The molecule has 1 aliphatic rings. The zero-order chi connectivity index (χ0) is 16.8. The minimum absolute atomic E-state index is 0.00278. The van der Waals surface area contributed by atoms with Crippen LogP contribution in [0.15, 0.2) is 24.3 Å². The molecule has 1 aromatic carbocycles. The molecule has 1 atom stereocenters. The minimum Gasteiger partial charge on any atom is -0.481 e. The number of aliphatic carboxylic acids is 1. The number of piperidine rings is 1. The highest BCUT2D eigenvalue weighted by Gasteiger charge is 2.25. The fraction of sp³-hybridized carbons (Fsp3) is 0.500. The van der Waals surface area contributed by atoms with Crippen molar-refractivity contribution < 1.29 is 19.6 Å². The first kappa shape index (κ1) is 16.9. The summed E-state index contributed by atoms with van der Waals surface area (Å²) in [6, 6.07) is 6.26. The number of amides is 1. The van der Waals surface area contributed by atoms with Gasteiger partial charge in [-0.3, -0.25) is 19.7 Å². The fourth-order valence-electron chi connectivity index (χ4n) is 2.97. The monoisotopic (exact) mass is 320 g/mol. The number of nitrogens with zero attached hydrogens (tertiary/aromatic N) is 2. The normalized spacial score (nSPS) is 17.7. The molecule has 124 valence electrons. The Morgan fingerprint density at radius 1 is 1.35 bits per heavy atom. The van der Waals surface area contributed by atoms with Crippen LogP contribution in [-0.2, 0) is 16.0 Å². The molecule has 7 heteroatoms. The van der Waals surface area contributed by atoms with Gasteiger partial charge in [-0.05, 0) is 25.2 Å². The van der Waals surface area contributed by atoms with Crippen molar-refractivity contribution in [2.24, 2.45) is 5.92 Å². The molecule has 1 saturated heterocycles. The van der Waals surface area contributed by atoms with Crippen molar-refractivity contribution in [2.75, 3.05) is 13.1 Å². The molecule has 0 saturated carbocycles. The molecule has 0 aromatic heterocycles. The Kier molecular flexibility index (Phi) is 5.67. The zero-order valence-corrected chi connectivity index (χ0v) is 12.8. The highest BCUT2D eigenvalue weighted by atomic mass is 16.6. The van der Waals surface area contributed by atoms with Crippen LogP contribution in [0.25, 0.3) is 0 Å². The molecule has 1 fully saturated rings. The van der Waals surface area contributed by atoms with Gasteiger partial charge in [-0.15, -0.1) is 0 Å². The summed E-state index contributed by atoms with van der Waals surface area (Å²) in [5.74, 6) is -0.776. The van der Waals surface area contributed by atoms with Crippen molar-refractivity contribution in [3.05, 3.63) is 39.9 Å². The van der Waals surface area contributed by atoms with E-state index in [1.165, 1.54) is 6.07 Å². The number of nitro benzene ring substituents is 1. The van der Waals surface area contributed by atoms with E-state index in [4.69, 9.17) is 5.11 Å². The molecule has 23 heavy (non-hydrogen) atoms. The van der Waals surface area contributed by atoms with E-state index < -0.39 is 10.9 Å². The van der Waals surface area contributed by atoms with Crippen LogP contribution in [0, 0.1) is 16.0 Å². The molecule has 7 nitrogen and oxygen atoms in total. The number of hydrogen-bond acceptors (Lipinski definition) is 4. The van der Waals surface area contributed by atoms with Crippen LogP contribution in [-0.4, -0.2) is 39.9 Å². The van der Waals surface area contributed by atoms with Crippen LogP contribution in [0.4, 0.5) is 5.69 Å². The maximum Gasteiger partial charge on any atom is 0.303 e. The van der Waals surface area contributed by atoms with Crippen LogP contribution >= 0.6 is 0 Å². The third-order valence-electron chi connectivity index (χ3n) is 4.17. The molecule has 1 unspecified atom stereocenters. The molecule has 0 radical (unpaired) electrons. The van der Waals surface area contributed by atoms with E-state index in [2.05, 4.69) is 0 Å². The maximum atomic E-state index is 12.4. The van der Waals surface area contributed by atoms with Crippen LogP contribution in [0.1, 0.15) is 31.2 Å². The predicted molar refractivity (Wildman–Crippen MR) is 83.0 cm³/mol. The van der Waals surface area contributed by atoms with Crippen LogP contribution in [0.2, 0.25) is 0 Å². The van der Waals surface area contributed by atoms with E-state index in [1.807, 2.05) is 0 Å². The first-order valence-electron chi connectivity index (χ1n) is 7.69. The van der Waals surface area contributed by atoms with Gasteiger partial charge in [0, 0.05) is 31.1 Å². The Balaban J connectivity index is 1.98. The number of para-hydroxylation sites is 1. The summed E-state index contributed by atoms with van der Waals surface area (Å²) in [7, 11) is 0. The standard InChI is InChI=1S/C16H20N2O5/c19-15(10-13-5-1-2-6-14(13)18(22)23)17-9-3-4-12(11-17)7-8-16(20)21/h1-2,5-6,12H,3-4,7-11H2,(H,20,21). The third-order valence-corrected chi connectivity index (χ3v) is 4.17. The first-order valence-corrected chi connectivity index (χ1v) is 7.69. The quantitative estimate of drug-likeness (QED) is 0.640. The van der Waals surface area contributed by atoms with E-state index in [1.54, 1.807) is 23.1 Å². The summed E-state index contributed by atoms with van der Waals surface area (Å²) in [5.41, 5.74) is 0.371. The van der Waals surface area contributed by atoms with E-state index in [0.717, 1.165) is 12.8 Å². The van der Waals surface area contributed by atoms with Gasteiger partial charge < -0.3 is 10.0 Å². The lowest BCUT2D eigenvalue weighted by Gasteiger charge is -2.32. The van der Waals surface area contributed by atoms with Gasteiger partial charge in [-0.2, -0.15) is 0 Å². The molecular formula is C16H20N2O5. The fourth-order valence-corrected chi connectivity index (χ4v) is 2.97. The largest absolute Gasteiger partial charge is 0.481 e. The molecule has 1 aliphatic heterocycles. The summed E-state index contributed by atoms with van der Waals surface area (Å²) >= 11 is 0. The van der Waals surface area contributed by atoms with Crippen molar-refractivity contribution >= 4 is 17.6 Å². The molecule has 2 rings (SSSR count). The van der Waals surface area contributed by atoms with Gasteiger partial charge in [0.15, 0.2) is 0 Å². The van der Waals surface area contributed by atoms with Crippen LogP contribution < -0.4 is 0 Å². The topological polar surface area (TPSA) is 101 Å². The number of carboxylic acid groups (broad SMARTS) is 1. The van der Waals surface area contributed by atoms with Gasteiger partial charge in [-0.25, -0.2) is 0 Å². The molecule has 1 amide bonds. The van der Waals surface area contributed by atoms with Gasteiger partial charge in [0.2, 0.25) is 5.91 Å². The first-order chi connectivity index (χ1) is 11.0. The average molecular weight is 320 g/mol. The molecule has 0 spiro atoms. The van der Waals surface area contributed by atoms with E-state index in [0.29, 0.717) is 25.1 Å². The van der Waals surface area contributed by atoms with Gasteiger partial charge in [0.1, 0.15) is 0 Å². The van der Waals surface area contributed by atoms with E-state index >= 15 is 0 Å². The van der Waals surface area contributed by atoms with Crippen molar-refractivity contribution in [1.29, 1.82) is 0 Å². The second-order valence-electron chi connectivity index (χ2n) is 5.84. The SMILES string of the molecule is O=C(O)CCC1CCCN(C(=O)Cc2ccccc2[N+](=O)[O-])C1. The number of rotatable bonds is 6. The highest BCUT2D eigenvalue weighted by molar-refractivity contribution is 5.80. The summed E-state index contributed by atoms with van der Waals surface area (Å²) < 4.78 is 0. The molecule has 1 N–H and O–H groups in total. The van der Waals surface area contributed by atoms with Crippen LogP contribution in [0.3, 0.4) is 0 Å². The zero-order valence-electron chi connectivity index (χ0n) is 12.8. The van der Waals surface area contributed by atoms with Crippen LogP contribution in [0.5, 0.6) is 0 Å². The second kappa shape index (κ2) is 7.71. The number of carbonyl (C=O) groups excluding carboxylic acids is 1. The summed E-state index contributed by atoms with van der Waals surface area (Å²) in [6.07, 6.45) is 2.43. The summed E-state index contributed by atoms with van der Waals surface area (Å²) in [5, 5.41) is 19.8. The number of hydrogen-bond donors (Lipinski definition) is 1. The Morgan fingerprint density at radius 3 is 2.78 bits per heavy atom. The molecule has 1 heterocycles. The van der Waals surface area contributed by atoms with Gasteiger partial charge in [-0.1, -0.05) is 18.2 Å². The van der Waals surface area contributed by atoms with E-state index in [9.17, 15) is 19.7 Å². The number of carboxylic acids is 1.